The van der Waals surface area contributed by atoms with E-state index in [1.165, 1.54) is 12.1 Å². The molecule has 18 heavy (non-hydrogen) atoms. The van der Waals surface area contributed by atoms with Crippen LogP contribution in [0.1, 0.15) is 16.1 Å². The van der Waals surface area contributed by atoms with Crippen molar-refractivity contribution in [1.29, 1.82) is 0 Å². The molecule has 1 aromatic heterocycles. The second-order valence-electron chi connectivity index (χ2n) is 3.68. The van der Waals surface area contributed by atoms with E-state index in [0.717, 1.165) is 5.56 Å². The molecule has 94 valence electrons. The van der Waals surface area contributed by atoms with Crippen LogP contribution in [0.2, 0.25) is 10.0 Å². The number of aryl methyl sites for hydroxylation is 1. The van der Waals surface area contributed by atoms with Gasteiger partial charge in [-0.1, -0.05) is 23.2 Å². The Hall–Kier alpha value is -1.65. The molecule has 6 heteroatoms. The number of furan rings is 1. The second kappa shape index (κ2) is 4.92. The minimum atomic E-state index is -1.13. The van der Waals surface area contributed by atoms with Crippen LogP contribution >= 0.6 is 23.2 Å². The monoisotopic (exact) mass is 285 g/mol. The van der Waals surface area contributed by atoms with Crippen molar-refractivity contribution in [3.05, 3.63) is 45.6 Å². The smallest absolute Gasteiger partial charge is 0.371 e. The highest BCUT2D eigenvalue weighted by Gasteiger charge is 2.11. The maximum Gasteiger partial charge on any atom is 0.371 e. The number of rotatable bonds is 3. The molecule has 0 amide bonds. The summed E-state index contributed by atoms with van der Waals surface area (Å²) in [5.74, 6) is -0.989. The number of carbonyl (C=O) groups is 1. The molecule has 0 aliphatic rings. The van der Waals surface area contributed by atoms with E-state index in [9.17, 15) is 4.79 Å². The molecule has 0 aliphatic carbocycles. The molecule has 0 saturated heterocycles. The normalized spacial score (nSPS) is 10.4. The van der Waals surface area contributed by atoms with Gasteiger partial charge < -0.3 is 14.8 Å². The Morgan fingerprint density at radius 1 is 1.28 bits per heavy atom. The fourth-order valence-electron chi connectivity index (χ4n) is 1.39. The molecule has 0 unspecified atom stereocenters. The molecule has 2 rings (SSSR count). The average molecular weight is 286 g/mol. The lowest BCUT2D eigenvalue weighted by Gasteiger charge is -2.07. The van der Waals surface area contributed by atoms with Crippen molar-refractivity contribution in [2.75, 3.05) is 5.32 Å². The third-order valence-electron chi connectivity index (χ3n) is 2.32. The van der Waals surface area contributed by atoms with Crippen LogP contribution in [-0.2, 0) is 0 Å². The molecule has 2 N–H and O–H groups in total. The standard InChI is InChI=1S/C12H9Cl2NO3/c1-6-4-8(14)9(5-7(6)13)15-11-3-2-10(18-11)12(16)17/h2-5,15H,1H3,(H,16,17). The van der Waals surface area contributed by atoms with Crippen molar-refractivity contribution >= 4 is 40.7 Å². The van der Waals surface area contributed by atoms with Gasteiger partial charge in [-0.2, -0.15) is 0 Å². The Kier molecular flexibility index (Phi) is 3.50. The van der Waals surface area contributed by atoms with Gasteiger partial charge in [-0.15, -0.1) is 0 Å². The van der Waals surface area contributed by atoms with E-state index in [-0.39, 0.29) is 11.6 Å². The van der Waals surface area contributed by atoms with Gasteiger partial charge in [-0.05, 0) is 30.7 Å². The van der Waals surface area contributed by atoms with E-state index in [0.29, 0.717) is 15.7 Å². The van der Waals surface area contributed by atoms with Crippen LogP contribution in [0.4, 0.5) is 11.6 Å². The summed E-state index contributed by atoms with van der Waals surface area (Å²) in [5.41, 5.74) is 1.41. The molecular formula is C12H9Cl2NO3. The summed E-state index contributed by atoms with van der Waals surface area (Å²) in [6.07, 6.45) is 0. The van der Waals surface area contributed by atoms with Gasteiger partial charge in [-0.25, -0.2) is 4.79 Å². The summed E-state index contributed by atoms with van der Waals surface area (Å²) in [4.78, 5) is 10.7. The molecule has 0 radical (unpaired) electrons. The van der Waals surface area contributed by atoms with Gasteiger partial charge in [0.1, 0.15) is 0 Å². The zero-order valence-electron chi connectivity index (χ0n) is 9.33. The number of aromatic carboxylic acids is 1. The fourth-order valence-corrected chi connectivity index (χ4v) is 1.82. The number of carboxylic acids is 1. The van der Waals surface area contributed by atoms with Crippen LogP contribution in [0.25, 0.3) is 0 Å². The largest absolute Gasteiger partial charge is 0.475 e. The first-order valence-corrected chi connectivity index (χ1v) is 5.79. The van der Waals surface area contributed by atoms with Crippen LogP contribution in [0.3, 0.4) is 0 Å². The highest BCUT2D eigenvalue weighted by molar-refractivity contribution is 6.35. The van der Waals surface area contributed by atoms with Crippen LogP contribution in [-0.4, -0.2) is 11.1 Å². The van der Waals surface area contributed by atoms with E-state index in [4.69, 9.17) is 32.7 Å². The number of carboxylic acid groups (broad SMARTS) is 1. The van der Waals surface area contributed by atoms with Crippen molar-refractivity contribution in [2.24, 2.45) is 0 Å². The molecule has 0 saturated carbocycles. The van der Waals surface area contributed by atoms with Crippen molar-refractivity contribution in [1.82, 2.24) is 0 Å². The van der Waals surface area contributed by atoms with Crippen molar-refractivity contribution in [3.63, 3.8) is 0 Å². The molecule has 0 atom stereocenters. The van der Waals surface area contributed by atoms with Crippen molar-refractivity contribution in [3.8, 4) is 0 Å². The van der Waals surface area contributed by atoms with Gasteiger partial charge in [0, 0.05) is 11.1 Å². The van der Waals surface area contributed by atoms with Crippen LogP contribution in [0.15, 0.2) is 28.7 Å². The number of hydrogen-bond acceptors (Lipinski definition) is 3. The number of halogens is 2. The SMILES string of the molecule is Cc1cc(Cl)c(Nc2ccc(C(=O)O)o2)cc1Cl. The average Bonchev–Trinajstić information content (AvgIpc) is 2.74. The van der Waals surface area contributed by atoms with E-state index in [2.05, 4.69) is 5.32 Å². The molecule has 0 aliphatic heterocycles. The van der Waals surface area contributed by atoms with Crippen molar-refractivity contribution < 1.29 is 14.3 Å². The number of anilines is 2. The van der Waals surface area contributed by atoms with Crippen molar-refractivity contribution in [2.45, 2.75) is 6.92 Å². The molecule has 1 heterocycles. The number of hydrogen-bond donors (Lipinski definition) is 2. The lowest BCUT2D eigenvalue weighted by atomic mass is 10.2. The van der Waals surface area contributed by atoms with E-state index >= 15 is 0 Å². The van der Waals surface area contributed by atoms with E-state index in [1.807, 2.05) is 6.92 Å². The Bertz CT molecular complexity index is 607. The molecular weight excluding hydrogens is 277 g/mol. The highest BCUT2D eigenvalue weighted by atomic mass is 35.5. The fraction of sp³-hybridized carbons (Fsp3) is 0.0833. The maximum atomic E-state index is 10.7. The number of benzene rings is 1. The summed E-state index contributed by atoms with van der Waals surface area (Å²) in [5, 5.41) is 12.6. The molecule has 4 nitrogen and oxygen atoms in total. The van der Waals surface area contributed by atoms with Crippen LogP contribution < -0.4 is 5.32 Å². The lowest BCUT2D eigenvalue weighted by Crippen LogP contribution is -1.93. The third-order valence-corrected chi connectivity index (χ3v) is 3.04. The summed E-state index contributed by atoms with van der Waals surface area (Å²) < 4.78 is 5.06. The number of nitrogens with one attached hydrogen (secondary N) is 1. The zero-order chi connectivity index (χ0) is 13.3. The molecule has 0 fully saturated rings. The summed E-state index contributed by atoms with van der Waals surface area (Å²) >= 11 is 12.0. The quantitative estimate of drug-likeness (QED) is 0.881. The summed E-state index contributed by atoms with van der Waals surface area (Å²) in [7, 11) is 0. The zero-order valence-corrected chi connectivity index (χ0v) is 10.8. The molecule has 1 aromatic carbocycles. The third kappa shape index (κ3) is 2.60. The van der Waals surface area contributed by atoms with E-state index < -0.39 is 5.97 Å². The second-order valence-corrected chi connectivity index (χ2v) is 4.49. The first-order valence-electron chi connectivity index (χ1n) is 5.03. The lowest BCUT2D eigenvalue weighted by molar-refractivity contribution is 0.0663. The summed E-state index contributed by atoms with van der Waals surface area (Å²) in [6.45, 7) is 1.84. The van der Waals surface area contributed by atoms with Gasteiger partial charge in [0.25, 0.3) is 0 Å². The first kappa shape index (κ1) is 12.8. The maximum absolute atomic E-state index is 10.7. The van der Waals surface area contributed by atoms with Gasteiger partial charge >= 0.3 is 5.97 Å². The Morgan fingerprint density at radius 2 is 2.00 bits per heavy atom. The minimum Gasteiger partial charge on any atom is -0.475 e. The van der Waals surface area contributed by atoms with Crippen LogP contribution in [0, 0.1) is 6.92 Å². The molecule has 0 bridgehead atoms. The molecule has 0 spiro atoms. The topological polar surface area (TPSA) is 62.5 Å². The Morgan fingerprint density at radius 3 is 2.61 bits per heavy atom. The summed E-state index contributed by atoms with van der Waals surface area (Å²) in [6, 6.07) is 6.23. The van der Waals surface area contributed by atoms with Crippen LogP contribution in [0.5, 0.6) is 0 Å². The minimum absolute atomic E-state index is 0.146. The van der Waals surface area contributed by atoms with Gasteiger partial charge in [0.05, 0.1) is 10.7 Å². The first-order chi connectivity index (χ1) is 8.47. The Labute approximate surface area is 113 Å². The van der Waals surface area contributed by atoms with Gasteiger partial charge in [0.2, 0.25) is 5.76 Å². The Balaban J connectivity index is 2.28. The molecule has 2 aromatic rings. The predicted molar refractivity (Wildman–Crippen MR) is 70.1 cm³/mol. The highest BCUT2D eigenvalue weighted by Crippen LogP contribution is 2.31. The predicted octanol–water partition coefficient (Wildman–Crippen LogP) is 4.34. The van der Waals surface area contributed by atoms with E-state index in [1.54, 1.807) is 12.1 Å². The van der Waals surface area contributed by atoms with Gasteiger partial charge in [0.15, 0.2) is 5.88 Å². The van der Waals surface area contributed by atoms with Gasteiger partial charge in [-0.3, -0.25) is 0 Å².